The van der Waals surface area contributed by atoms with Crippen molar-refractivity contribution in [1.29, 1.82) is 0 Å². The molecule has 0 radical (unpaired) electrons. The lowest BCUT2D eigenvalue weighted by Gasteiger charge is -2.08. The summed E-state index contributed by atoms with van der Waals surface area (Å²) in [6.45, 7) is 2.43. The Morgan fingerprint density at radius 1 is 1.12 bits per heavy atom. The van der Waals surface area contributed by atoms with E-state index in [9.17, 15) is 4.79 Å². The number of aromatic nitrogens is 3. The predicted molar refractivity (Wildman–Crippen MR) is 99.6 cm³/mol. The van der Waals surface area contributed by atoms with Gasteiger partial charge in [0.1, 0.15) is 11.5 Å². The summed E-state index contributed by atoms with van der Waals surface area (Å²) in [5.41, 5.74) is 3.27. The van der Waals surface area contributed by atoms with E-state index in [1.54, 1.807) is 18.6 Å². The molecule has 1 aromatic carbocycles. The van der Waals surface area contributed by atoms with Gasteiger partial charge in [0, 0.05) is 29.1 Å². The number of anilines is 2. The zero-order valence-electron chi connectivity index (χ0n) is 13.5. The Morgan fingerprint density at radius 3 is 2.60 bits per heavy atom. The van der Waals surface area contributed by atoms with E-state index in [0.717, 1.165) is 21.3 Å². The second-order valence-corrected chi connectivity index (χ2v) is 6.27. The molecule has 7 heteroatoms. The number of halogens is 1. The van der Waals surface area contributed by atoms with Crippen LogP contribution in [0.3, 0.4) is 0 Å². The summed E-state index contributed by atoms with van der Waals surface area (Å²) >= 11 is 3.47. The summed E-state index contributed by atoms with van der Waals surface area (Å²) < 4.78 is 1.05. The van der Waals surface area contributed by atoms with E-state index >= 15 is 0 Å². The molecule has 0 bridgehead atoms. The van der Waals surface area contributed by atoms with Gasteiger partial charge in [-0.05, 0) is 48.4 Å². The van der Waals surface area contributed by atoms with Crippen molar-refractivity contribution in [2.45, 2.75) is 13.5 Å². The fourth-order valence-corrected chi connectivity index (χ4v) is 2.40. The fraction of sp³-hybridized carbons (Fsp3) is 0.111. The van der Waals surface area contributed by atoms with E-state index in [0.29, 0.717) is 12.4 Å². The van der Waals surface area contributed by atoms with Gasteiger partial charge in [0.25, 0.3) is 5.91 Å². The Bertz CT molecular complexity index is 868. The zero-order valence-corrected chi connectivity index (χ0v) is 15.1. The van der Waals surface area contributed by atoms with Gasteiger partial charge in [0.2, 0.25) is 0 Å². The fourth-order valence-electron chi connectivity index (χ4n) is 2.15. The van der Waals surface area contributed by atoms with Gasteiger partial charge in [0.05, 0.1) is 12.4 Å². The van der Waals surface area contributed by atoms with Gasteiger partial charge < -0.3 is 10.6 Å². The lowest BCUT2D eigenvalue weighted by atomic mass is 10.2. The van der Waals surface area contributed by atoms with Crippen molar-refractivity contribution in [3.05, 3.63) is 76.4 Å². The highest BCUT2D eigenvalue weighted by Crippen LogP contribution is 2.22. The Morgan fingerprint density at radius 2 is 1.92 bits per heavy atom. The molecule has 0 saturated heterocycles. The molecule has 0 aliphatic carbocycles. The largest absolute Gasteiger partial charge is 0.347 e. The number of aryl methyl sites for hydroxylation is 1. The number of carbonyl (C=O) groups is 1. The highest BCUT2D eigenvalue weighted by Gasteiger charge is 2.08. The molecular formula is C18H16BrN5O. The summed E-state index contributed by atoms with van der Waals surface area (Å²) in [6, 6.07) is 9.60. The zero-order chi connectivity index (χ0) is 17.6. The lowest BCUT2D eigenvalue weighted by molar-refractivity contribution is 0.0945. The average molecular weight is 398 g/mol. The maximum Gasteiger partial charge on any atom is 0.271 e. The average Bonchev–Trinajstić information content (AvgIpc) is 2.64. The summed E-state index contributed by atoms with van der Waals surface area (Å²) in [4.78, 5) is 24.5. The molecule has 2 heterocycles. The number of nitrogens with zero attached hydrogens (tertiary/aromatic N) is 3. The minimum atomic E-state index is -0.268. The number of pyridine rings is 1. The van der Waals surface area contributed by atoms with Crippen LogP contribution < -0.4 is 10.6 Å². The first-order valence-electron chi connectivity index (χ1n) is 7.64. The van der Waals surface area contributed by atoms with Crippen LogP contribution in [0.25, 0.3) is 0 Å². The van der Waals surface area contributed by atoms with Gasteiger partial charge in [-0.3, -0.25) is 9.78 Å². The van der Waals surface area contributed by atoms with Crippen molar-refractivity contribution in [2.75, 3.05) is 5.32 Å². The van der Waals surface area contributed by atoms with E-state index < -0.39 is 0 Å². The van der Waals surface area contributed by atoms with Gasteiger partial charge in [0.15, 0.2) is 0 Å². The normalized spacial score (nSPS) is 10.3. The number of amides is 1. The monoisotopic (exact) mass is 397 g/mol. The van der Waals surface area contributed by atoms with E-state index in [4.69, 9.17) is 0 Å². The molecule has 0 aliphatic heterocycles. The molecule has 6 nitrogen and oxygen atoms in total. The van der Waals surface area contributed by atoms with Crippen LogP contribution in [-0.2, 0) is 6.54 Å². The van der Waals surface area contributed by atoms with Crippen molar-refractivity contribution < 1.29 is 4.79 Å². The minimum absolute atomic E-state index is 0.268. The molecule has 0 aliphatic rings. The molecular weight excluding hydrogens is 382 g/mol. The molecule has 2 N–H and O–H groups in total. The molecule has 0 spiro atoms. The maximum atomic E-state index is 12.1. The standard InChI is InChI=1S/C18H16BrN5O/c1-12-8-14(2-3-15(12)19)24-17-11-21-16(10-22-17)18(25)23-9-13-4-6-20-7-5-13/h2-8,10-11H,9H2,1H3,(H,22,24)(H,23,25). The number of hydrogen-bond donors (Lipinski definition) is 2. The van der Waals surface area contributed by atoms with Crippen LogP contribution in [-0.4, -0.2) is 20.9 Å². The topological polar surface area (TPSA) is 79.8 Å². The third-order valence-corrected chi connectivity index (χ3v) is 4.41. The van der Waals surface area contributed by atoms with E-state index in [1.807, 2.05) is 37.3 Å². The van der Waals surface area contributed by atoms with Gasteiger partial charge >= 0.3 is 0 Å². The van der Waals surface area contributed by atoms with Crippen molar-refractivity contribution >= 4 is 33.3 Å². The molecule has 0 fully saturated rings. The third-order valence-electron chi connectivity index (χ3n) is 3.52. The van der Waals surface area contributed by atoms with E-state index in [2.05, 4.69) is 41.5 Å². The first-order valence-corrected chi connectivity index (χ1v) is 8.43. The van der Waals surface area contributed by atoms with Gasteiger partial charge in [-0.2, -0.15) is 0 Å². The van der Waals surface area contributed by atoms with Crippen molar-refractivity contribution in [2.24, 2.45) is 0 Å². The number of rotatable bonds is 5. The lowest BCUT2D eigenvalue weighted by Crippen LogP contribution is -2.24. The highest BCUT2D eigenvalue weighted by molar-refractivity contribution is 9.10. The first kappa shape index (κ1) is 17.0. The molecule has 1 amide bonds. The summed E-state index contributed by atoms with van der Waals surface area (Å²) in [7, 11) is 0. The number of benzene rings is 1. The van der Waals surface area contributed by atoms with Crippen molar-refractivity contribution in [3.8, 4) is 0 Å². The quantitative estimate of drug-likeness (QED) is 0.687. The van der Waals surface area contributed by atoms with Crippen LogP contribution in [0.5, 0.6) is 0 Å². The second kappa shape index (κ2) is 7.85. The SMILES string of the molecule is Cc1cc(Nc2cnc(C(=O)NCc3ccncc3)cn2)ccc1Br. The van der Waals surface area contributed by atoms with Gasteiger partial charge in [-0.15, -0.1) is 0 Å². The number of nitrogens with one attached hydrogen (secondary N) is 2. The van der Waals surface area contributed by atoms with Crippen molar-refractivity contribution in [1.82, 2.24) is 20.3 Å². The van der Waals surface area contributed by atoms with Crippen LogP contribution in [0.2, 0.25) is 0 Å². The maximum absolute atomic E-state index is 12.1. The molecule has 2 aromatic heterocycles. The molecule has 25 heavy (non-hydrogen) atoms. The second-order valence-electron chi connectivity index (χ2n) is 5.41. The molecule has 3 aromatic rings. The van der Waals surface area contributed by atoms with Gasteiger partial charge in [-0.1, -0.05) is 15.9 Å². The Labute approximate surface area is 153 Å². The molecule has 126 valence electrons. The molecule has 0 unspecified atom stereocenters. The third kappa shape index (κ3) is 4.60. The summed E-state index contributed by atoms with van der Waals surface area (Å²) in [6.07, 6.45) is 6.37. The number of carbonyl (C=O) groups excluding carboxylic acids is 1. The first-order chi connectivity index (χ1) is 12.1. The summed E-state index contributed by atoms with van der Waals surface area (Å²) in [5.74, 6) is 0.308. The van der Waals surface area contributed by atoms with Crippen LogP contribution in [0.15, 0.2) is 59.6 Å². The minimum Gasteiger partial charge on any atom is -0.347 e. The predicted octanol–water partition coefficient (Wildman–Crippen LogP) is 3.62. The smallest absolute Gasteiger partial charge is 0.271 e. The Balaban J connectivity index is 1.61. The Hall–Kier alpha value is -2.80. The van der Waals surface area contributed by atoms with Gasteiger partial charge in [-0.25, -0.2) is 9.97 Å². The van der Waals surface area contributed by atoms with Crippen LogP contribution in [0.1, 0.15) is 21.6 Å². The van der Waals surface area contributed by atoms with E-state index in [1.165, 1.54) is 6.20 Å². The van der Waals surface area contributed by atoms with Crippen LogP contribution in [0, 0.1) is 6.92 Å². The van der Waals surface area contributed by atoms with Crippen molar-refractivity contribution in [3.63, 3.8) is 0 Å². The molecule has 0 saturated carbocycles. The van der Waals surface area contributed by atoms with Crippen LogP contribution >= 0.6 is 15.9 Å². The number of hydrogen-bond acceptors (Lipinski definition) is 5. The Kier molecular flexibility index (Phi) is 5.35. The van der Waals surface area contributed by atoms with E-state index in [-0.39, 0.29) is 11.6 Å². The molecule has 0 atom stereocenters. The molecule has 3 rings (SSSR count). The van der Waals surface area contributed by atoms with Crippen LogP contribution in [0.4, 0.5) is 11.5 Å². The summed E-state index contributed by atoms with van der Waals surface area (Å²) in [5, 5.41) is 5.97. The highest BCUT2D eigenvalue weighted by atomic mass is 79.9.